The zero-order chi connectivity index (χ0) is 14.1. The SMILES string of the molecule is Cc1csc(CNC(=O)C2CC3CCCC(C2)C3N)n1.Cl.Cl. The lowest BCUT2D eigenvalue weighted by Gasteiger charge is -2.43. The van der Waals surface area contributed by atoms with E-state index < -0.39 is 0 Å². The zero-order valence-electron chi connectivity index (χ0n) is 12.8. The molecule has 22 heavy (non-hydrogen) atoms. The first-order valence-electron chi connectivity index (χ1n) is 7.58. The first-order chi connectivity index (χ1) is 9.63. The Morgan fingerprint density at radius 1 is 1.36 bits per heavy atom. The second-order valence-corrected chi connectivity index (χ2v) is 7.24. The fourth-order valence-corrected chi connectivity index (χ4v) is 4.51. The maximum absolute atomic E-state index is 12.3. The molecule has 0 aromatic carbocycles. The van der Waals surface area contributed by atoms with Crippen molar-refractivity contribution in [2.75, 3.05) is 0 Å². The molecule has 2 fully saturated rings. The van der Waals surface area contributed by atoms with Crippen molar-refractivity contribution in [3.63, 3.8) is 0 Å². The van der Waals surface area contributed by atoms with E-state index in [-0.39, 0.29) is 36.6 Å². The fraction of sp³-hybridized carbons (Fsp3) is 0.733. The minimum Gasteiger partial charge on any atom is -0.349 e. The summed E-state index contributed by atoms with van der Waals surface area (Å²) in [4.78, 5) is 16.7. The average Bonchev–Trinajstić information content (AvgIpc) is 2.81. The highest BCUT2D eigenvalue weighted by molar-refractivity contribution is 7.09. The Kier molecular flexibility index (Phi) is 7.59. The van der Waals surface area contributed by atoms with Crippen molar-refractivity contribution in [1.29, 1.82) is 0 Å². The van der Waals surface area contributed by atoms with E-state index in [0.29, 0.717) is 24.4 Å². The molecule has 2 aliphatic rings. The summed E-state index contributed by atoms with van der Waals surface area (Å²) >= 11 is 1.61. The molecule has 2 unspecified atom stereocenters. The number of nitrogens with one attached hydrogen (secondary N) is 1. The van der Waals surface area contributed by atoms with Crippen LogP contribution in [-0.2, 0) is 11.3 Å². The van der Waals surface area contributed by atoms with Crippen molar-refractivity contribution >= 4 is 42.1 Å². The van der Waals surface area contributed by atoms with Gasteiger partial charge in [-0.2, -0.15) is 0 Å². The summed E-state index contributed by atoms with van der Waals surface area (Å²) in [6, 6.07) is 0.328. The molecule has 0 aliphatic heterocycles. The number of amides is 1. The molecule has 0 radical (unpaired) electrons. The smallest absolute Gasteiger partial charge is 0.223 e. The molecule has 7 heteroatoms. The number of nitrogens with two attached hydrogens (primary N) is 1. The summed E-state index contributed by atoms with van der Waals surface area (Å²) < 4.78 is 0. The van der Waals surface area contributed by atoms with Crippen molar-refractivity contribution in [2.24, 2.45) is 23.5 Å². The predicted octanol–water partition coefficient (Wildman–Crippen LogP) is 3.06. The maximum atomic E-state index is 12.3. The van der Waals surface area contributed by atoms with Crippen LogP contribution in [0.1, 0.15) is 42.8 Å². The number of thiazole rings is 1. The van der Waals surface area contributed by atoms with Crippen LogP contribution in [0.15, 0.2) is 5.38 Å². The Morgan fingerprint density at radius 3 is 2.55 bits per heavy atom. The van der Waals surface area contributed by atoms with Gasteiger partial charge in [-0.05, 0) is 44.4 Å². The number of aromatic nitrogens is 1. The lowest BCUT2D eigenvalue weighted by molar-refractivity contribution is -0.128. The topological polar surface area (TPSA) is 68.0 Å². The Balaban J connectivity index is 0.00000121. The van der Waals surface area contributed by atoms with Gasteiger partial charge in [-0.3, -0.25) is 4.79 Å². The molecule has 1 heterocycles. The molecule has 2 aliphatic carbocycles. The van der Waals surface area contributed by atoms with Crippen LogP contribution >= 0.6 is 36.2 Å². The highest BCUT2D eigenvalue weighted by atomic mass is 35.5. The summed E-state index contributed by atoms with van der Waals surface area (Å²) in [6.45, 7) is 2.54. The van der Waals surface area contributed by atoms with Crippen LogP contribution < -0.4 is 11.1 Å². The van der Waals surface area contributed by atoms with E-state index >= 15 is 0 Å². The molecule has 1 amide bonds. The van der Waals surface area contributed by atoms with Gasteiger partial charge in [0.15, 0.2) is 0 Å². The molecule has 126 valence electrons. The van der Waals surface area contributed by atoms with Crippen LogP contribution in [0.25, 0.3) is 0 Å². The second-order valence-electron chi connectivity index (χ2n) is 6.30. The third-order valence-electron chi connectivity index (χ3n) is 4.86. The van der Waals surface area contributed by atoms with E-state index in [1.807, 2.05) is 12.3 Å². The Morgan fingerprint density at radius 2 is 2.00 bits per heavy atom. The van der Waals surface area contributed by atoms with Crippen LogP contribution in [0.3, 0.4) is 0 Å². The van der Waals surface area contributed by atoms with Crippen LogP contribution in [0.5, 0.6) is 0 Å². The zero-order valence-corrected chi connectivity index (χ0v) is 15.2. The summed E-state index contributed by atoms with van der Waals surface area (Å²) in [6.07, 6.45) is 5.64. The van der Waals surface area contributed by atoms with Crippen LogP contribution in [0.4, 0.5) is 0 Å². The van der Waals surface area contributed by atoms with Gasteiger partial charge >= 0.3 is 0 Å². The van der Waals surface area contributed by atoms with Crippen molar-refractivity contribution < 1.29 is 4.79 Å². The van der Waals surface area contributed by atoms with Crippen molar-refractivity contribution in [1.82, 2.24) is 10.3 Å². The molecule has 1 aromatic heterocycles. The number of carbonyl (C=O) groups excluding carboxylic acids is 1. The van der Waals surface area contributed by atoms with Gasteiger partial charge < -0.3 is 11.1 Å². The van der Waals surface area contributed by atoms with E-state index in [2.05, 4.69) is 10.3 Å². The van der Waals surface area contributed by atoms with Crippen molar-refractivity contribution in [3.8, 4) is 0 Å². The summed E-state index contributed by atoms with van der Waals surface area (Å²) in [5.74, 6) is 1.47. The van der Waals surface area contributed by atoms with Gasteiger partial charge in [-0.1, -0.05) is 6.42 Å². The van der Waals surface area contributed by atoms with Crippen LogP contribution in [0.2, 0.25) is 0 Å². The van der Waals surface area contributed by atoms with Gasteiger partial charge in [-0.15, -0.1) is 36.2 Å². The molecule has 2 atom stereocenters. The molecule has 2 saturated carbocycles. The summed E-state index contributed by atoms with van der Waals surface area (Å²) in [7, 11) is 0. The van der Waals surface area contributed by atoms with E-state index in [4.69, 9.17) is 5.73 Å². The molecule has 1 aromatic rings. The highest BCUT2D eigenvalue weighted by Gasteiger charge is 2.40. The lowest BCUT2D eigenvalue weighted by Crippen LogP contribution is -2.49. The third kappa shape index (κ3) is 4.34. The second kappa shape index (κ2) is 8.48. The van der Waals surface area contributed by atoms with E-state index in [0.717, 1.165) is 23.5 Å². The van der Waals surface area contributed by atoms with Gasteiger partial charge in [-0.25, -0.2) is 4.98 Å². The van der Waals surface area contributed by atoms with E-state index in [1.54, 1.807) is 11.3 Å². The number of carbonyl (C=O) groups is 1. The first kappa shape index (κ1) is 19.7. The number of nitrogens with zero attached hydrogens (tertiary/aromatic N) is 1. The maximum Gasteiger partial charge on any atom is 0.223 e. The van der Waals surface area contributed by atoms with Gasteiger partial charge in [0.05, 0.1) is 6.54 Å². The Bertz CT molecular complexity index is 483. The van der Waals surface area contributed by atoms with Crippen molar-refractivity contribution in [2.45, 2.75) is 51.6 Å². The van der Waals surface area contributed by atoms with Crippen molar-refractivity contribution in [3.05, 3.63) is 16.1 Å². The van der Waals surface area contributed by atoms with Gasteiger partial charge in [0.1, 0.15) is 5.01 Å². The molecular formula is C15H25Cl2N3OS. The number of rotatable bonds is 3. The molecule has 3 rings (SSSR count). The van der Waals surface area contributed by atoms with Gasteiger partial charge in [0, 0.05) is 23.0 Å². The Hall–Kier alpha value is -0.360. The molecule has 0 spiro atoms. The molecular weight excluding hydrogens is 341 g/mol. The average molecular weight is 366 g/mol. The summed E-state index contributed by atoms with van der Waals surface area (Å²) in [5.41, 5.74) is 7.30. The fourth-order valence-electron chi connectivity index (χ4n) is 3.79. The standard InChI is InChI=1S/C15H23N3OS.2ClH/c1-9-8-20-13(18-9)7-17-15(19)12-5-10-3-2-4-11(6-12)14(10)16;;/h8,10-12,14H,2-7,16H2,1H3,(H,17,19);2*1H. The largest absolute Gasteiger partial charge is 0.349 e. The minimum atomic E-state index is 0. The van der Waals surface area contributed by atoms with Gasteiger partial charge in [0.25, 0.3) is 0 Å². The van der Waals surface area contributed by atoms with Crippen LogP contribution in [-0.4, -0.2) is 16.9 Å². The molecule has 4 nitrogen and oxygen atoms in total. The molecule has 3 N–H and O–H groups in total. The monoisotopic (exact) mass is 365 g/mol. The molecule has 2 bridgehead atoms. The molecule has 0 saturated heterocycles. The first-order valence-corrected chi connectivity index (χ1v) is 8.45. The predicted molar refractivity (Wildman–Crippen MR) is 94.7 cm³/mol. The number of hydrogen-bond acceptors (Lipinski definition) is 4. The van der Waals surface area contributed by atoms with E-state index in [9.17, 15) is 4.79 Å². The third-order valence-corrected chi connectivity index (χ3v) is 5.83. The lowest BCUT2D eigenvalue weighted by atomic mass is 9.65. The number of fused-ring (bicyclic) bond motifs is 2. The van der Waals surface area contributed by atoms with Gasteiger partial charge in [0.2, 0.25) is 5.91 Å². The minimum absolute atomic E-state index is 0. The van der Waals surface area contributed by atoms with E-state index in [1.165, 1.54) is 19.3 Å². The quantitative estimate of drug-likeness (QED) is 0.864. The number of halogens is 2. The van der Waals surface area contributed by atoms with Crippen LogP contribution in [0, 0.1) is 24.7 Å². The highest BCUT2D eigenvalue weighted by Crippen LogP contribution is 2.41. The number of hydrogen-bond donors (Lipinski definition) is 2. The number of aryl methyl sites for hydroxylation is 1. The normalized spacial score (nSPS) is 29.9. The summed E-state index contributed by atoms with van der Waals surface area (Å²) in [5, 5.41) is 6.06. The Labute approximate surface area is 148 Å².